The van der Waals surface area contributed by atoms with Crippen molar-refractivity contribution < 1.29 is 14.6 Å². The number of ether oxygens (including phenoxy) is 2. The third-order valence-electron chi connectivity index (χ3n) is 2.38. The molecule has 4 unspecified atom stereocenters. The van der Waals surface area contributed by atoms with Crippen molar-refractivity contribution in [3.63, 3.8) is 0 Å². The minimum Gasteiger partial charge on any atom is -0.387 e. The van der Waals surface area contributed by atoms with Crippen LogP contribution in [-0.2, 0) is 9.47 Å². The maximum absolute atomic E-state index is 9.28. The fourth-order valence-electron chi connectivity index (χ4n) is 1.71. The van der Waals surface area contributed by atoms with E-state index in [4.69, 9.17) is 9.47 Å². The van der Waals surface area contributed by atoms with Crippen LogP contribution in [0.1, 0.15) is 6.42 Å². The smallest absolute Gasteiger partial charge is 0.113 e. The van der Waals surface area contributed by atoms with E-state index in [9.17, 15) is 5.11 Å². The van der Waals surface area contributed by atoms with Crippen LogP contribution in [0.4, 0.5) is 0 Å². The average molecular weight is 128 g/mol. The van der Waals surface area contributed by atoms with E-state index in [1.807, 2.05) is 0 Å². The summed E-state index contributed by atoms with van der Waals surface area (Å²) in [6.45, 7) is 0. The first-order chi connectivity index (χ1) is 4.36. The monoisotopic (exact) mass is 128 g/mol. The zero-order chi connectivity index (χ0) is 6.01. The summed E-state index contributed by atoms with van der Waals surface area (Å²) in [6, 6.07) is 0. The highest BCUT2D eigenvalue weighted by Crippen LogP contribution is 2.46. The van der Waals surface area contributed by atoms with Crippen molar-refractivity contribution in [3.8, 4) is 0 Å². The number of aliphatic hydroxyl groups excluding tert-OH is 1. The van der Waals surface area contributed by atoms with Crippen LogP contribution in [0.15, 0.2) is 0 Å². The summed E-state index contributed by atoms with van der Waals surface area (Å²) in [6.07, 6.45) is 1.57. The van der Waals surface area contributed by atoms with E-state index < -0.39 is 0 Å². The summed E-state index contributed by atoms with van der Waals surface area (Å²) in [5.74, 6) is 0. The molecule has 3 heteroatoms. The Morgan fingerprint density at radius 1 is 1.11 bits per heavy atom. The van der Waals surface area contributed by atoms with E-state index in [0.717, 1.165) is 6.42 Å². The molecule has 1 saturated carbocycles. The lowest BCUT2D eigenvalue weighted by molar-refractivity contribution is 0.103. The first-order valence-electron chi connectivity index (χ1n) is 3.35. The number of hydrogen-bond donors (Lipinski definition) is 1. The van der Waals surface area contributed by atoms with Crippen LogP contribution in [0.2, 0.25) is 0 Å². The Morgan fingerprint density at radius 3 is 2.22 bits per heavy atom. The fraction of sp³-hybridized carbons (Fsp3) is 1.00. The van der Waals surface area contributed by atoms with Crippen LogP contribution in [0.5, 0.6) is 0 Å². The number of hydrogen-bond acceptors (Lipinski definition) is 3. The first-order valence-corrected chi connectivity index (χ1v) is 3.35. The Balaban J connectivity index is 1.87. The van der Waals surface area contributed by atoms with Gasteiger partial charge in [-0.25, -0.2) is 0 Å². The quantitative estimate of drug-likeness (QED) is 0.438. The highest BCUT2D eigenvalue weighted by atomic mass is 16.6. The zero-order valence-corrected chi connectivity index (χ0v) is 4.86. The van der Waals surface area contributed by atoms with E-state index in [2.05, 4.69) is 0 Å². The number of fused-ring (bicyclic) bond motifs is 2. The van der Waals surface area contributed by atoms with E-state index in [0.29, 0.717) is 12.2 Å². The summed E-state index contributed by atoms with van der Waals surface area (Å²) < 4.78 is 10.3. The molecule has 3 rings (SSSR count). The second-order valence-corrected chi connectivity index (χ2v) is 3.00. The minimum atomic E-state index is -0.325. The molecule has 0 radical (unpaired) electrons. The molecule has 4 atom stereocenters. The molecule has 0 bridgehead atoms. The second kappa shape index (κ2) is 1.17. The predicted molar refractivity (Wildman–Crippen MR) is 27.9 cm³/mol. The molecular weight excluding hydrogens is 120 g/mol. The Kier molecular flexibility index (Phi) is 0.604. The van der Waals surface area contributed by atoms with Crippen molar-refractivity contribution in [1.82, 2.24) is 0 Å². The molecule has 0 aromatic rings. The Bertz CT molecular complexity index is 142. The highest BCUT2D eigenvalue weighted by Gasteiger charge is 2.62. The molecule has 0 amide bonds. The second-order valence-electron chi connectivity index (χ2n) is 3.00. The lowest BCUT2D eigenvalue weighted by Crippen LogP contribution is -2.29. The molecule has 1 aliphatic carbocycles. The third-order valence-corrected chi connectivity index (χ3v) is 2.38. The van der Waals surface area contributed by atoms with Gasteiger partial charge in [0.25, 0.3) is 0 Å². The normalized spacial score (nSPS) is 68.3. The fourth-order valence-corrected chi connectivity index (χ4v) is 1.71. The van der Waals surface area contributed by atoms with Crippen LogP contribution in [0.25, 0.3) is 0 Å². The summed E-state index contributed by atoms with van der Waals surface area (Å²) in [5.41, 5.74) is 0. The summed E-state index contributed by atoms with van der Waals surface area (Å²) in [4.78, 5) is 0. The lowest BCUT2D eigenvalue weighted by atomic mass is 9.98. The van der Waals surface area contributed by atoms with Gasteiger partial charge in [0.05, 0.1) is 12.2 Å². The number of rotatable bonds is 0. The molecule has 9 heavy (non-hydrogen) atoms. The Morgan fingerprint density at radius 2 is 1.67 bits per heavy atom. The molecule has 1 N–H and O–H groups in total. The van der Waals surface area contributed by atoms with Gasteiger partial charge < -0.3 is 14.6 Å². The van der Waals surface area contributed by atoms with Crippen LogP contribution in [0.3, 0.4) is 0 Å². The van der Waals surface area contributed by atoms with Crippen molar-refractivity contribution in [3.05, 3.63) is 0 Å². The molecule has 3 nitrogen and oxygen atoms in total. The number of aliphatic hydroxyl groups is 1. The molecule has 0 spiro atoms. The van der Waals surface area contributed by atoms with Crippen molar-refractivity contribution in [2.75, 3.05) is 0 Å². The van der Waals surface area contributed by atoms with Gasteiger partial charge in [-0.15, -0.1) is 0 Å². The van der Waals surface area contributed by atoms with Crippen LogP contribution in [-0.4, -0.2) is 35.6 Å². The van der Waals surface area contributed by atoms with E-state index in [1.165, 1.54) is 0 Å². The van der Waals surface area contributed by atoms with E-state index in [-0.39, 0.29) is 18.3 Å². The topological polar surface area (TPSA) is 45.3 Å². The van der Waals surface area contributed by atoms with Crippen molar-refractivity contribution >= 4 is 0 Å². The van der Waals surface area contributed by atoms with Gasteiger partial charge in [0.15, 0.2) is 0 Å². The molecule has 50 valence electrons. The molecule has 2 aliphatic heterocycles. The SMILES string of the molecule is OC1C2OC2CC2OC21. The van der Waals surface area contributed by atoms with Crippen molar-refractivity contribution in [2.24, 2.45) is 0 Å². The molecule has 2 saturated heterocycles. The van der Waals surface area contributed by atoms with Gasteiger partial charge in [-0.05, 0) is 0 Å². The summed E-state index contributed by atoms with van der Waals surface area (Å²) in [7, 11) is 0. The van der Waals surface area contributed by atoms with Gasteiger partial charge in [0.1, 0.15) is 18.3 Å². The lowest BCUT2D eigenvalue weighted by Gasteiger charge is -2.05. The van der Waals surface area contributed by atoms with E-state index in [1.54, 1.807) is 0 Å². The molecule has 3 fully saturated rings. The van der Waals surface area contributed by atoms with Crippen molar-refractivity contribution in [2.45, 2.75) is 36.9 Å². The maximum atomic E-state index is 9.28. The molecule has 0 aromatic heterocycles. The maximum Gasteiger partial charge on any atom is 0.113 e. The number of epoxide rings is 2. The highest BCUT2D eigenvalue weighted by molar-refractivity contribution is 5.09. The van der Waals surface area contributed by atoms with Gasteiger partial charge in [-0.2, -0.15) is 0 Å². The van der Waals surface area contributed by atoms with E-state index >= 15 is 0 Å². The largest absolute Gasteiger partial charge is 0.387 e. The van der Waals surface area contributed by atoms with Crippen molar-refractivity contribution in [1.29, 1.82) is 0 Å². The molecule has 0 aromatic carbocycles. The van der Waals surface area contributed by atoms with Crippen LogP contribution >= 0.6 is 0 Å². The summed E-state index contributed by atoms with van der Waals surface area (Å²) in [5, 5.41) is 9.28. The molecule has 3 aliphatic rings. The summed E-state index contributed by atoms with van der Waals surface area (Å²) >= 11 is 0. The van der Waals surface area contributed by atoms with Crippen LogP contribution in [0, 0.1) is 0 Å². The molecule has 2 heterocycles. The van der Waals surface area contributed by atoms with Gasteiger partial charge in [0.2, 0.25) is 0 Å². The Labute approximate surface area is 52.6 Å². The van der Waals surface area contributed by atoms with Crippen LogP contribution < -0.4 is 0 Å². The molecular formula is C6H8O3. The van der Waals surface area contributed by atoms with Gasteiger partial charge in [-0.1, -0.05) is 0 Å². The zero-order valence-electron chi connectivity index (χ0n) is 4.86. The predicted octanol–water partition coefficient (Wildman–Crippen LogP) is -0.714. The van der Waals surface area contributed by atoms with Gasteiger partial charge in [0, 0.05) is 6.42 Å². The van der Waals surface area contributed by atoms with Gasteiger partial charge in [-0.3, -0.25) is 0 Å². The average Bonchev–Trinajstić information content (AvgIpc) is 2.57. The minimum absolute atomic E-state index is 0.119. The first kappa shape index (κ1) is 4.66. The van der Waals surface area contributed by atoms with Gasteiger partial charge >= 0.3 is 0 Å². The third kappa shape index (κ3) is 0.478. The Hall–Kier alpha value is -0.120. The standard InChI is InChI=1S/C6H8O3/c7-4-5-2(8-5)1-3-6(4)9-3/h2-7H,1H2.